The van der Waals surface area contributed by atoms with Crippen LogP contribution in [0.3, 0.4) is 0 Å². The molecule has 33 heavy (non-hydrogen) atoms. The molecule has 0 aliphatic carbocycles. The van der Waals surface area contributed by atoms with Crippen LogP contribution in [0.2, 0.25) is 0 Å². The standard InChI is InChI=1S/C25H23N3O4S/c1-3-26-23(30)18(24(31)27(4-2)25(26)33)14-15-22-28(19-12-8-9-13-21(19)32-22)16-20(29)17-10-6-5-7-11-17/h5-15H,3-4,16H2,1-2H3/b22-15-. The number of fused-ring (bicyclic) bond motifs is 1. The molecule has 0 bridgehead atoms. The van der Waals surface area contributed by atoms with Gasteiger partial charge in [-0.1, -0.05) is 42.5 Å². The van der Waals surface area contributed by atoms with E-state index in [1.54, 1.807) is 43.0 Å². The molecule has 2 amide bonds. The smallest absolute Gasteiger partial charge is 0.265 e. The molecular weight excluding hydrogens is 438 g/mol. The lowest BCUT2D eigenvalue weighted by Crippen LogP contribution is -2.55. The Hall–Kier alpha value is -3.78. The lowest BCUT2D eigenvalue weighted by molar-refractivity contribution is -0.133. The number of anilines is 1. The maximum absolute atomic E-state index is 12.9. The number of benzene rings is 2. The maximum Gasteiger partial charge on any atom is 0.265 e. The van der Waals surface area contributed by atoms with E-state index in [0.717, 1.165) is 5.69 Å². The number of carbonyl (C=O) groups is 3. The van der Waals surface area contributed by atoms with Gasteiger partial charge in [-0.3, -0.25) is 24.2 Å². The summed E-state index contributed by atoms with van der Waals surface area (Å²) in [4.78, 5) is 43.2. The SMILES string of the molecule is CCN1C(=O)C(=C/C=C2\Oc3ccccc3N2CC(=O)c2ccccc2)C(=O)N(CC)C1=S. The normalized spacial score (nSPS) is 16.9. The van der Waals surface area contributed by atoms with Gasteiger partial charge in [-0.15, -0.1) is 0 Å². The third-order valence-electron chi connectivity index (χ3n) is 5.47. The van der Waals surface area contributed by atoms with Gasteiger partial charge in [0, 0.05) is 18.7 Å². The minimum Gasteiger partial charge on any atom is -0.439 e. The second-order valence-corrected chi connectivity index (χ2v) is 7.78. The number of rotatable bonds is 6. The molecule has 0 radical (unpaired) electrons. The van der Waals surface area contributed by atoms with E-state index in [1.165, 1.54) is 15.9 Å². The lowest BCUT2D eigenvalue weighted by atomic mass is 10.1. The molecule has 1 fully saturated rings. The molecule has 2 aliphatic rings. The van der Waals surface area contributed by atoms with Crippen molar-refractivity contribution in [2.24, 2.45) is 0 Å². The molecule has 168 valence electrons. The number of amides is 2. The lowest BCUT2D eigenvalue weighted by Gasteiger charge is -2.35. The number of hydrogen-bond donors (Lipinski definition) is 0. The molecule has 0 atom stereocenters. The van der Waals surface area contributed by atoms with Gasteiger partial charge >= 0.3 is 0 Å². The van der Waals surface area contributed by atoms with Crippen molar-refractivity contribution >= 4 is 40.6 Å². The predicted octanol–water partition coefficient (Wildman–Crippen LogP) is 3.53. The van der Waals surface area contributed by atoms with Crippen LogP contribution in [-0.4, -0.2) is 52.1 Å². The summed E-state index contributed by atoms with van der Waals surface area (Å²) in [6, 6.07) is 16.4. The highest BCUT2D eigenvalue weighted by Crippen LogP contribution is 2.38. The fourth-order valence-electron chi connectivity index (χ4n) is 3.76. The number of para-hydroxylation sites is 2. The molecule has 0 saturated carbocycles. The quantitative estimate of drug-likeness (QED) is 0.284. The van der Waals surface area contributed by atoms with Gasteiger partial charge in [-0.25, -0.2) is 0 Å². The summed E-state index contributed by atoms with van der Waals surface area (Å²) >= 11 is 5.30. The van der Waals surface area contributed by atoms with Crippen molar-refractivity contribution in [3.63, 3.8) is 0 Å². The zero-order valence-electron chi connectivity index (χ0n) is 18.4. The topological polar surface area (TPSA) is 70.2 Å². The first kappa shape index (κ1) is 22.4. The summed E-state index contributed by atoms with van der Waals surface area (Å²) < 4.78 is 5.96. The van der Waals surface area contributed by atoms with Gasteiger partial charge in [-0.05, 0) is 50.4 Å². The Bertz CT molecular complexity index is 1160. The van der Waals surface area contributed by atoms with Crippen LogP contribution >= 0.6 is 12.2 Å². The van der Waals surface area contributed by atoms with Gasteiger partial charge in [0.15, 0.2) is 16.6 Å². The van der Waals surface area contributed by atoms with E-state index < -0.39 is 11.8 Å². The fraction of sp³-hybridized carbons (Fsp3) is 0.200. The number of nitrogens with zero attached hydrogens (tertiary/aromatic N) is 3. The summed E-state index contributed by atoms with van der Waals surface area (Å²) in [5.41, 5.74) is 1.32. The molecular formula is C25H23N3O4S. The van der Waals surface area contributed by atoms with E-state index in [4.69, 9.17) is 17.0 Å². The molecule has 2 aromatic carbocycles. The second-order valence-electron chi connectivity index (χ2n) is 7.41. The second kappa shape index (κ2) is 9.38. The summed E-state index contributed by atoms with van der Waals surface area (Å²) in [6.45, 7) is 4.36. The van der Waals surface area contributed by atoms with Crippen LogP contribution in [0.15, 0.2) is 78.2 Å². The number of thiocarbonyl (C=S) groups is 1. The van der Waals surface area contributed by atoms with E-state index in [9.17, 15) is 14.4 Å². The van der Waals surface area contributed by atoms with Crippen LogP contribution < -0.4 is 9.64 Å². The number of carbonyl (C=O) groups excluding carboxylic acids is 3. The zero-order chi connectivity index (χ0) is 23.5. The van der Waals surface area contributed by atoms with Crippen LogP contribution in [0.4, 0.5) is 5.69 Å². The van der Waals surface area contributed by atoms with Gasteiger partial charge in [0.1, 0.15) is 5.57 Å². The molecule has 1 saturated heterocycles. The molecule has 0 unspecified atom stereocenters. The van der Waals surface area contributed by atoms with Gasteiger partial charge in [0.25, 0.3) is 11.8 Å². The fourth-order valence-corrected chi connectivity index (χ4v) is 4.18. The van der Waals surface area contributed by atoms with E-state index in [-0.39, 0.29) is 23.0 Å². The van der Waals surface area contributed by atoms with Crippen LogP contribution in [0.25, 0.3) is 0 Å². The minimum atomic E-state index is -0.448. The summed E-state index contributed by atoms with van der Waals surface area (Å²) in [5.74, 6) is -0.0319. The van der Waals surface area contributed by atoms with E-state index in [2.05, 4.69) is 0 Å². The third kappa shape index (κ3) is 4.17. The first-order valence-electron chi connectivity index (χ1n) is 10.7. The largest absolute Gasteiger partial charge is 0.439 e. The number of Topliss-reactive ketones (excluding diaryl/α,β-unsaturated/α-hetero) is 1. The van der Waals surface area contributed by atoms with Gasteiger partial charge in [-0.2, -0.15) is 0 Å². The molecule has 7 nitrogen and oxygen atoms in total. The molecule has 0 spiro atoms. The molecule has 4 rings (SSSR count). The first-order valence-corrected chi connectivity index (χ1v) is 11.1. The highest BCUT2D eigenvalue weighted by Gasteiger charge is 2.38. The Morgan fingerprint density at radius 3 is 2.12 bits per heavy atom. The van der Waals surface area contributed by atoms with Crippen LogP contribution in [-0.2, 0) is 9.59 Å². The Morgan fingerprint density at radius 1 is 0.879 bits per heavy atom. The van der Waals surface area contributed by atoms with Crippen molar-refractivity contribution < 1.29 is 19.1 Å². The number of likely N-dealkylation sites (N-methyl/N-ethyl adjacent to an activating group) is 2. The van der Waals surface area contributed by atoms with Gasteiger partial charge in [0.2, 0.25) is 5.88 Å². The molecule has 2 heterocycles. The van der Waals surface area contributed by atoms with Crippen molar-refractivity contribution in [2.75, 3.05) is 24.5 Å². The molecule has 0 N–H and O–H groups in total. The molecule has 0 aromatic heterocycles. The Labute approximate surface area is 197 Å². The van der Waals surface area contributed by atoms with Crippen molar-refractivity contribution in [1.29, 1.82) is 0 Å². The molecule has 2 aliphatic heterocycles. The van der Waals surface area contributed by atoms with E-state index in [1.807, 2.05) is 36.4 Å². The number of ketones is 1. The summed E-state index contributed by atoms with van der Waals surface area (Å²) in [7, 11) is 0. The number of allylic oxidation sites excluding steroid dienone is 2. The van der Waals surface area contributed by atoms with Gasteiger partial charge in [0.05, 0.1) is 12.2 Å². The number of ether oxygens (including phenoxy) is 1. The van der Waals surface area contributed by atoms with Crippen LogP contribution in [0, 0.1) is 0 Å². The minimum absolute atomic E-state index is 0.00584. The Balaban J connectivity index is 1.69. The molecule has 8 heteroatoms. The molecule has 2 aromatic rings. The average Bonchev–Trinajstić information content (AvgIpc) is 3.17. The van der Waals surface area contributed by atoms with E-state index >= 15 is 0 Å². The third-order valence-corrected chi connectivity index (χ3v) is 5.91. The Kier molecular flexibility index (Phi) is 6.37. The van der Waals surface area contributed by atoms with Gasteiger partial charge < -0.3 is 9.64 Å². The van der Waals surface area contributed by atoms with E-state index in [0.29, 0.717) is 30.3 Å². The van der Waals surface area contributed by atoms with Crippen molar-refractivity contribution in [2.45, 2.75) is 13.8 Å². The monoisotopic (exact) mass is 461 g/mol. The highest BCUT2D eigenvalue weighted by atomic mass is 32.1. The maximum atomic E-state index is 12.9. The van der Waals surface area contributed by atoms with Crippen molar-refractivity contribution in [3.05, 3.63) is 83.8 Å². The summed E-state index contributed by atoms with van der Waals surface area (Å²) in [5, 5.41) is 0.208. The zero-order valence-corrected chi connectivity index (χ0v) is 19.2. The first-order chi connectivity index (χ1) is 16.0. The van der Waals surface area contributed by atoms with Crippen LogP contribution in [0.1, 0.15) is 24.2 Å². The Morgan fingerprint density at radius 2 is 1.48 bits per heavy atom. The van der Waals surface area contributed by atoms with Crippen LogP contribution in [0.5, 0.6) is 5.75 Å². The number of hydrogen-bond acceptors (Lipinski definition) is 6. The predicted molar refractivity (Wildman–Crippen MR) is 129 cm³/mol. The highest BCUT2D eigenvalue weighted by molar-refractivity contribution is 7.80. The summed E-state index contributed by atoms with van der Waals surface area (Å²) in [6.07, 6.45) is 3.00. The average molecular weight is 462 g/mol. The van der Waals surface area contributed by atoms with Crippen molar-refractivity contribution in [1.82, 2.24) is 9.80 Å². The van der Waals surface area contributed by atoms with Crippen molar-refractivity contribution in [3.8, 4) is 5.75 Å².